The zero-order chi connectivity index (χ0) is 16.7. The molecule has 2 aromatic heterocycles. The standard InChI is InChI=1S/C17H14BrClN4O/c18-15-13-12-6-7-23(9-11(12)8-20-16(13)22-21-15)17(24)14(19)10-4-2-1-3-5-10/h1-5,8,14H,6-7,9H2,(H,20,21,22). The number of pyridine rings is 1. The van der Waals surface area contributed by atoms with Crippen LogP contribution >= 0.6 is 27.5 Å². The fraction of sp³-hybridized carbons (Fsp3) is 0.235. The topological polar surface area (TPSA) is 61.9 Å². The van der Waals surface area contributed by atoms with Crippen molar-refractivity contribution in [2.75, 3.05) is 6.54 Å². The zero-order valence-electron chi connectivity index (χ0n) is 12.7. The van der Waals surface area contributed by atoms with E-state index in [0.717, 1.165) is 33.2 Å². The number of nitrogens with one attached hydrogen (secondary N) is 1. The monoisotopic (exact) mass is 404 g/mol. The SMILES string of the molecule is O=C(C(Cl)c1ccccc1)N1CCc2c(cnc3[nH]nc(Br)c23)C1. The van der Waals surface area contributed by atoms with Crippen molar-refractivity contribution >= 4 is 44.5 Å². The molecule has 1 atom stereocenters. The molecule has 0 fully saturated rings. The summed E-state index contributed by atoms with van der Waals surface area (Å²) in [6.07, 6.45) is 2.57. The number of nitrogens with zero attached hydrogens (tertiary/aromatic N) is 3. The predicted octanol–water partition coefficient (Wildman–Crippen LogP) is 3.59. The van der Waals surface area contributed by atoms with E-state index in [1.165, 1.54) is 5.56 Å². The Hall–Kier alpha value is -1.92. The Bertz CT molecular complexity index is 912. The van der Waals surface area contributed by atoms with Crippen LogP contribution in [-0.2, 0) is 17.8 Å². The molecule has 7 heteroatoms. The van der Waals surface area contributed by atoms with E-state index >= 15 is 0 Å². The zero-order valence-corrected chi connectivity index (χ0v) is 15.0. The minimum Gasteiger partial charge on any atom is -0.336 e. The summed E-state index contributed by atoms with van der Waals surface area (Å²) in [4.78, 5) is 18.9. The summed E-state index contributed by atoms with van der Waals surface area (Å²) in [5, 5.41) is 7.40. The van der Waals surface area contributed by atoms with Gasteiger partial charge >= 0.3 is 0 Å². The minimum atomic E-state index is -0.662. The van der Waals surface area contributed by atoms with Gasteiger partial charge in [-0.1, -0.05) is 30.3 Å². The summed E-state index contributed by atoms with van der Waals surface area (Å²) in [7, 11) is 0. The fourth-order valence-corrected chi connectivity index (χ4v) is 3.92. The number of aromatic nitrogens is 3. The van der Waals surface area contributed by atoms with Gasteiger partial charge in [0.15, 0.2) is 5.65 Å². The number of rotatable bonds is 2. The quantitative estimate of drug-likeness (QED) is 0.663. The van der Waals surface area contributed by atoms with E-state index in [0.29, 0.717) is 13.1 Å². The molecule has 1 N–H and O–H groups in total. The number of carbonyl (C=O) groups is 1. The molecule has 0 saturated heterocycles. The van der Waals surface area contributed by atoms with E-state index in [1.807, 2.05) is 36.5 Å². The first-order chi connectivity index (χ1) is 11.6. The van der Waals surface area contributed by atoms with Gasteiger partial charge in [0, 0.05) is 19.3 Å². The molecule has 4 rings (SSSR count). The van der Waals surface area contributed by atoms with Gasteiger partial charge in [0.1, 0.15) is 9.98 Å². The van der Waals surface area contributed by atoms with Crippen LogP contribution in [0.1, 0.15) is 22.1 Å². The molecule has 1 aliphatic rings. The Morgan fingerprint density at radius 1 is 1.33 bits per heavy atom. The third-order valence-corrected chi connectivity index (χ3v) is 5.37. The van der Waals surface area contributed by atoms with Crippen molar-refractivity contribution in [3.05, 3.63) is 57.8 Å². The molecule has 0 radical (unpaired) electrons. The lowest BCUT2D eigenvalue weighted by Crippen LogP contribution is -2.38. The Morgan fingerprint density at radius 3 is 2.92 bits per heavy atom. The number of H-pyrrole nitrogens is 1. The molecule has 0 aliphatic carbocycles. The summed E-state index contributed by atoms with van der Waals surface area (Å²) in [5.41, 5.74) is 3.82. The summed E-state index contributed by atoms with van der Waals surface area (Å²) in [6, 6.07) is 9.44. The van der Waals surface area contributed by atoms with E-state index in [-0.39, 0.29) is 5.91 Å². The van der Waals surface area contributed by atoms with Gasteiger partial charge in [-0.05, 0) is 39.0 Å². The number of alkyl halides is 1. The van der Waals surface area contributed by atoms with Crippen molar-refractivity contribution in [2.45, 2.75) is 18.3 Å². The molecule has 24 heavy (non-hydrogen) atoms. The highest BCUT2D eigenvalue weighted by molar-refractivity contribution is 9.10. The van der Waals surface area contributed by atoms with Gasteiger partial charge in [-0.15, -0.1) is 11.6 Å². The van der Waals surface area contributed by atoms with E-state index in [2.05, 4.69) is 31.1 Å². The van der Waals surface area contributed by atoms with Gasteiger partial charge in [-0.3, -0.25) is 9.89 Å². The molecule has 3 heterocycles. The third kappa shape index (κ3) is 2.59. The lowest BCUT2D eigenvalue weighted by atomic mass is 9.98. The summed E-state index contributed by atoms with van der Waals surface area (Å²) in [5.74, 6) is -0.0696. The molecule has 5 nitrogen and oxygen atoms in total. The van der Waals surface area contributed by atoms with Crippen LogP contribution in [0.5, 0.6) is 0 Å². The largest absolute Gasteiger partial charge is 0.336 e. The number of carbonyl (C=O) groups excluding carboxylic acids is 1. The normalized spacial score (nSPS) is 15.3. The number of benzene rings is 1. The Kier molecular flexibility index (Phi) is 4.02. The van der Waals surface area contributed by atoms with Crippen molar-refractivity contribution in [1.82, 2.24) is 20.1 Å². The number of aromatic amines is 1. The number of halogens is 2. The number of fused-ring (bicyclic) bond motifs is 3. The fourth-order valence-electron chi connectivity index (χ4n) is 3.12. The van der Waals surface area contributed by atoms with E-state index in [1.54, 1.807) is 4.90 Å². The van der Waals surface area contributed by atoms with Crippen LogP contribution in [0, 0.1) is 0 Å². The minimum absolute atomic E-state index is 0.0696. The molecular formula is C17H14BrClN4O. The van der Waals surface area contributed by atoms with Gasteiger partial charge in [0.25, 0.3) is 0 Å². The van der Waals surface area contributed by atoms with Gasteiger partial charge in [0.05, 0.1) is 5.39 Å². The predicted molar refractivity (Wildman–Crippen MR) is 95.7 cm³/mol. The van der Waals surface area contributed by atoms with E-state index < -0.39 is 5.38 Å². The highest BCUT2D eigenvalue weighted by Crippen LogP contribution is 2.31. The van der Waals surface area contributed by atoms with Crippen molar-refractivity contribution in [2.24, 2.45) is 0 Å². The second kappa shape index (κ2) is 6.18. The maximum absolute atomic E-state index is 12.7. The lowest BCUT2D eigenvalue weighted by molar-refractivity contribution is -0.131. The Balaban J connectivity index is 1.61. The summed E-state index contributed by atoms with van der Waals surface area (Å²) < 4.78 is 0.765. The van der Waals surface area contributed by atoms with Crippen LogP contribution in [0.15, 0.2) is 41.1 Å². The molecule has 0 bridgehead atoms. The number of hydrogen-bond acceptors (Lipinski definition) is 3. The molecule has 3 aromatic rings. The van der Waals surface area contributed by atoms with Crippen molar-refractivity contribution in [1.29, 1.82) is 0 Å². The van der Waals surface area contributed by atoms with Crippen LogP contribution in [0.25, 0.3) is 11.0 Å². The smallest absolute Gasteiger partial charge is 0.245 e. The van der Waals surface area contributed by atoms with Crippen LogP contribution in [0.2, 0.25) is 0 Å². The molecule has 1 aliphatic heterocycles. The number of hydrogen-bond donors (Lipinski definition) is 1. The van der Waals surface area contributed by atoms with Crippen LogP contribution in [-0.4, -0.2) is 32.5 Å². The van der Waals surface area contributed by atoms with Crippen molar-refractivity contribution < 1.29 is 4.79 Å². The van der Waals surface area contributed by atoms with E-state index in [4.69, 9.17) is 11.6 Å². The van der Waals surface area contributed by atoms with Crippen LogP contribution in [0.4, 0.5) is 0 Å². The summed E-state index contributed by atoms with van der Waals surface area (Å²) >= 11 is 9.85. The Morgan fingerprint density at radius 2 is 2.12 bits per heavy atom. The van der Waals surface area contributed by atoms with Gasteiger partial charge < -0.3 is 4.90 Å². The second-order valence-electron chi connectivity index (χ2n) is 5.78. The van der Waals surface area contributed by atoms with Crippen LogP contribution in [0.3, 0.4) is 0 Å². The van der Waals surface area contributed by atoms with Gasteiger partial charge in [-0.25, -0.2) is 4.98 Å². The Labute approximate surface area is 152 Å². The average Bonchev–Trinajstić information content (AvgIpc) is 3.02. The highest BCUT2D eigenvalue weighted by Gasteiger charge is 2.28. The summed E-state index contributed by atoms with van der Waals surface area (Å²) in [6.45, 7) is 1.16. The molecule has 1 aromatic carbocycles. The van der Waals surface area contributed by atoms with Gasteiger partial charge in [-0.2, -0.15) is 5.10 Å². The molecule has 0 saturated carbocycles. The molecule has 122 valence electrons. The third-order valence-electron chi connectivity index (χ3n) is 4.36. The van der Waals surface area contributed by atoms with E-state index in [9.17, 15) is 4.79 Å². The molecular weight excluding hydrogens is 392 g/mol. The maximum Gasteiger partial charge on any atom is 0.245 e. The number of amides is 1. The first-order valence-electron chi connectivity index (χ1n) is 7.63. The van der Waals surface area contributed by atoms with Crippen molar-refractivity contribution in [3.8, 4) is 0 Å². The first-order valence-corrected chi connectivity index (χ1v) is 8.86. The molecule has 0 spiro atoms. The van der Waals surface area contributed by atoms with Crippen LogP contribution < -0.4 is 0 Å². The lowest BCUT2D eigenvalue weighted by Gasteiger charge is -2.30. The molecule has 1 unspecified atom stereocenters. The second-order valence-corrected chi connectivity index (χ2v) is 6.97. The van der Waals surface area contributed by atoms with Crippen molar-refractivity contribution in [3.63, 3.8) is 0 Å². The first kappa shape index (κ1) is 15.6. The van der Waals surface area contributed by atoms with Gasteiger partial charge in [0.2, 0.25) is 5.91 Å². The maximum atomic E-state index is 12.7. The molecule has 1 amide bonds. The average molecular weight is 406 g/mol. The highest BCUT2D eigenvalue weighted by atomic mass is 79.9.